The molecule has 0 amide bonds. The second-order valence-electron chi connectivity index (χ2n) is 5.75. The molecule has 1 aliphatic heterocycles. The van der Waals surface area contributed by atoms with E-state index in [0.29, 0.717) is 6.04 Å². The molecular weight excluding hydrogens is 257 g/mol. The number of nitrogens with zero attached hydrogens (tertiary/aromatic N) is 1. The molecule has 20 heavy (non-hydrogen) atoms. The van der Waals surface area contributed by atoms with Crippen molar-refractivity contribution in [3.63, 3.8) is 0 Å². The van der Waals surface area contributed by atoms with Crippen LogP contribution >= 0.6 is 0 Å². The van der Waals surface area contributed by atoms with E-state index < -0.39 is 11.8 Å². The first-order chi connectivity index (χ1) is 9.51. The van der Waals surface area contributed by atoms with Crippen molar-refractivity contribution in [3.05, 3.63) is 35.1 Å². The summed E-state index contributed by atoms with van der Waals surface area (Å²) in [5, 5.41) is 0. The molecule has 0 saturated carbocycles. The van der Waals surface area contributed by atoms with E-state index in [1.54, 1.807) is 6.07 Å². The highest BCUT2D eigenvalue weighted by Gasteiger charge is 2.23. The van der Waals surface area contributed by atoms with E-state index >= 15 is 0 Å². The van der Waals surface area contributed by atoms with Gasteiger partial charge in [0.2, 0.25) is 0 Å². The molecule has 1 aromatic rings. The molecule has 1 aromatic carbocycles. The molecule has 1 saturated heterocycles. The maximum Gasteiger partial charge on any atom is 0.340 e. The minimum absolute atomic E-state index is 0.00318. The molecule has 1 fully saturated rings. The number of likely N-dealkylation sites (tertiary alicyclic amines) is 1. The van der Waals surface area contributed by atoms with E-state index in [2.05, 4.69) is 23.5 Å². The summed E-state index contributed by atoms with van der Waals surface area (Å²) in [7, 11) is 1.26. The van der Waals surface area contributed by atoms with Crippen molar-refractivity contribution in [3.8, 4) is 0 Å². The van der Waals surface area contributed by atoms with Crippen LogP contribution in [0.3, 0.4) is 0 Å². The summed E-state index contributed by atoms with van der Waals surface area (Å²) in [6.45, 7) is 6.27. The fraction of sp³-hybridized carbons (Fsp3) is 0.562. The van der Waals surface area contributed by atoms with Gasteiger partial charge >= 0.3 is 5.97 Å². The summed E-state index contributed by atoms with van der Waals surface area (Å²) in [4.78, 5) is 13.7. The van der Waals surface area contributed by atoms with Crippen LogP contribution in [0, 0.1) is 11.7 Å². The van der Waals surface area contributed by atoms with E-state index in [1.807, 2.05) is 0 Å². The Morgan fingerprint density at radius 1 is 1.45 bits per heavy atom. The number of benzene rings is 1. The fourth-order valence-electron chi connectivity index (χ4n) is 2.86. The van der Waals surface area contributed by atoms with E-state index in [9.17, 15) is 9.18 Å². The molecule has 110 valence electrons. The van der Waals surface area contributed by atoms with Crippen molar-refractivity contribution in [2.24, 2.45) is 5.92 Å². The van der Waals surface area contributed by atoms with Gasteiger partial charge in [-0.15, -0.1) is 0 Å². The lowest BCUT2D eigenvalue weighted by atomic mass is 9.93. The monoisotopic (exact) mass is 279 g/mol. The maximum absolute atomic E-state index is 13.9. The second kappa shape index (κ2) is 6.35. The van der Waals surface area contributed by atoms with Gasteiger partial charge in [0.1, 0.15) is 5.82 Å². The lowest BCUT2D eigenvalue weighted by Crippen LogP contribution is -2.39. The van der Waals surface area contributed by atoms with Gasteiger partial charge in [-0.25, -0.2) is 9.18 Å². The van der Waals surface area contributed by atoms with E-state index in [1.165, 1.54) is 32.1 Å². The van der Waals surface area contributed by atoms with Crippen LogP contribution in [0.1, 0.15) is 42.6 Å². The van der Waals surface area contributed by atoms with Gasteiger partial charge in [-0.05, 0) is 49.9 Å². The zero-order chi connectivity index (χ0) is 14.7. The third kappa shape index (κ3) is 3.37. The summed E-state index contributed by atoms with van der Waals surface area (Å²) in [6, 6.07) is 5.27. The highest BCUT2D eigenvalue weighted by atomic mass is 19.1. The van der Waals surface area contributed by atoms with Crippen molar-refractivity contribution in [1.29, 1.82) is 0 Å². The third-order valence-electron chi connectivity index (χ3n) is 4.10. The Morgan fingerprint density at radius 3 is 2.80 bits per heavy atom. The number of piperidine rings is 1. The normalized spacial score (nSPS) is 23.6. The molecule has 3 nitrogen and oxygen atoms in total. The van der Waals surface area contributed by atoms with Crippen LogP contribution in [0.15, 0.2) is 18.2 Å². The summed E-state index contributed by atoms with van der Waals surface area (Å²) in [6.07, 6.45) is 2.37. The summed E-state index contributed by atoms with van der Waals surface area (Å²) < 4.78 is 18.4. The van der Waals surface area contributed by atoms with Crippen LogP contribution in [0.4, 0.5) is 4.39 Å². The number of hydrogen-bond donors (Lipinski definition) is 0. The number of ether oxygens (including phenoxy) is 1. The smallest absolute Gasteiger partial charge is 0.340 e. The Morgan fingerprint density at radius 2 is 2.20 bits per heavy atom. The lowest BCUT2D eigenvalue weighted by molar-refractivity contribution is 0.0595. The van der Waals surface area contributed by atoms with Gasteiger partial charge in [-0.2, -0.15) is 0 Å². The summed E-state index contributed by atoms with van der Waals surface area (Å²) in [5.41, 5.74) is 0.896. The standard InChI is InChI=1S/C16H22FNO2/c1-11-6-7-18(12(2)8-11)10-13-4-5-14(15(17)9-13)16(19)20-3/h4-5,9,11-12H,6-8,10H2,1-3H3. The predicted octanol–water partition coefficient (Wildman–Crippen LogP) is 3.23. The van der Waals surface area contributed by atoms with Crippen LogP contribution < -0.4 is 0 Å². The van der Waals surface area contributed by atoms with E-state index in [4.69, 9.17) is 0 Å². The fourth-order valence-corrected chi connectivity index (χ4v) is 2.86. The molecule has 0 aliphatic carbocycles. The SMILES string of the molecule is COC(=O)c1ccc(CN2CCC(C)CC2C)cc1F. The van der Waals surface area contributed by atoms with Crippen molar-refractivity contribution < 1.29 is 13.9 Å². The minimum atomic E-state index is -0.630. The summed E-state index contributed by atoms with van der Waals surface area (Å²) >= 11 is 0. The van der Waals surface area contributed by atoms with Gasteiger partial charge in [0, 0.05) is 12.6 Å². The van der Waals surface area contributed by atoms with Crippen LogP contribution in [0.2, 0.25) is 0 Å². The number of hydrogen-bond acceptors (Lipinski definition) is 3. The zero-order valence-corrected chi connectivity index (χ0v) is 12.4. The molecule has 0 N–H and O–H groups in total. The van der Waals surface area contributed by atoms with Crippen molar-refractivity contribution in [2.75, 3.05) is 13.7 Å². The van der Waals surface area contributed by atoms with Crippen LogP contribution in [-0.4, -0.2) is 30.6 Å². The van der Waals surface area contributed by atoms with Crippen LogP contribution in [0.5, 0.6) is 0 Å². The molecule has 1 aliphatic rings. The first kappa shape index (κ1) is 15.0. The molecule has 0 aromatic heterocycles. The number of rotatable bonds is 3. The third-order valence-corrected chi connectivity index (χ3v) is 4.10. The lowest BCUT2D eigenvalue weighted by Gasteiger charge is -2.36. The molecule has 1 heterocycles. The van der Waals surface area contributed by atoms with Gasteiger partial charge in [0.15, 0.2) is 0 Å². The molecular formula is C16H22FNO2. The molecule has 2 atom stereocenters. The number of methoxy groups -OCH3 is 1. The highest BCUT2D eigenvalue weighted by Crippen LogP contribution is 2.24. The van der Waals surface area contributed by atoms with Gasteiger partial charge in [0.25, 0.3) is 0 Å². The Hall–Kier alpha value is -1.42. The van der Waals surface area contributed by atoms with E-state index in [0.717, 1.165) is 24.6 Å². The number of esters is 1. The van der Waals surface area contributed by atoms with Crippen LogP contribution in [-0.2, 0) is 11.3 Å². The quantitative estimate of drug-likeness (QED) is 0.796. The maximum atomic E-state index is 13.9. The Bertz CT molecular complexity index is 489. The second-order valence-corrected chi connectivity index (χ2v) is 5.75. The van der Waals surface area contributed by atoms with Gasteiger partial charge in [-0.1, -0.05) is 13.0 Å². The van der Waals surface area contributed by atoms with Gasteiger partial charge in [0.05, 0.1) is 12.7 Å². The molecule has 2 unspecified atom stereocenters. The minimum Gasteiger partial charge on any atom is -0.465 e. The molecule has 4 heteroatoms. The van der Waals surface area contributed by atoms with Crippen molar-refractivity contribution >= 4 is 5.97 Å². The van der Waals surface area contributed by atoms with Crippen LogP contribution in [0.25, 0.3) is 0 Å². The summed E-state index contributed by atoms with van der Waals surface area (Å²) in [5.74, 6) is -0.374. The first-order valence-corrected chi connectivity index (χ1v) is 7.12. The molecule has 0 radical (unpaired) electrons. The Kier molecular flexibility index (Phi) is 4.76. The topological polar surface area (TPSA) is 29.5 Å². The van der Waals surface area contributed by atoms with Crippen molar-refractivity contribution in [1.82, 2.24) is 4.90 Å². The molecule has 0 bridgehead atoms. The average molecular weight is 279 g/mol. The van der Waals surface area contributed by atoms with Crippen molar-refractivity contribution in [2.45, 2.75) is 39.3 Å². The van der Waals surface area contributed by atoms with Gasteiger partial charge in [-0.3, -0.25) is 4.90 Å². The molecule has 0 spiro atoms. The number of carbonyl (C=O) groups excluding carboxylic acids is 1. The highest BCUT2D eigenvalue weighted by molar-refractivity contribution is 5.89. The molecule has 2 rings (SSSR count). The number of carbonyl (C=O) groups is 1. The average Bonchev–Trinajstić information content (AvgIpc) is 2.41. The zero-order valence-electron chi connectivity index (χ0n) is 12.4. The Balaban J connectivity index is 2.07. The Labute approximate surface area is 119 Å². The van der Waals surface area contributed by atoms with E-state index in [-0.39, 0.29) is 5.56 Å². The number of halogens is 1. The van der Waals surface area contributed by atoms with Gasteiger partial charge < -0.3 is 4.74 Å². The largest absolute Gasteiger partial charge is 0.465 e. The first-order valence-electron chi connectivity index (χ1n) is 7.12. The predicted molar refractivity (Wildman–Crippen MR) is 76.0 cm³/mol.